The molecule has 1 unspecified atom stereocenters. The number of halogens is 4. The van der Waals surface area contributed by atoms with Gasteiger partial charge in [0.15, 0.2) is 0 Å². The van der Waals surface area contributed by atoms with E-state index < -0.39 is 29.8 Å². The number of piperidine rings is 1. The lowest BCUT2D eigenvalue weighted by molar-refractivity contribution is -0.139. The number of hydrogen-bond donors (Lipinski definition) is 1. The van der Waals surface area contributed by atoms with Gasteiger partial charge in [0.1, 0.15) is 11.9 Å². The number of benzene rings is 1. The summed E-state index contributed by atoms with van der Waals surface area (Å²) in [6, 6.07) is 2.76. The van der Waals surface area contributed by atoms with Crippen molar-refractivity contribution in [1.29, 1.82) is 0 Å². The molecule has 1 aromatic rings. The lowest BCUT2D eigenvalue weighted by Gasteiger charge is -2.33. The molecular formula is C13H14F4N2O2. The molecule has 1 atom stereocenters. The number of carbonyl (C=O) groups is 1. The summed E-state index contributed by atoms with van der Waals surface area (Å²) in [7, 11) is 0. The first-order valence-corrected chi connectivity index (χ1v) is 6.35. The van der Waals surface area contributed by atoms with Gasteiger partial charge in [0.05, 0.1) is 12.1 Å². The van der Waals surface area contributed by atoms with Gasteiger partial charge >= 0.3 is 12.3 Å². The van der Waals surface area contributed by atoms with Crippen LogP contribution in [0, 0.1) is 5.82 Å². The van der Waals surface area contributed by atoms with Crippen LogP contribution in [0.2, 0.25) is 0 Å². The summed E-state index contributed by atoms with van der Waals surface area (Å²) in [6.07, 6.45) is -4.78. The van der Waals surface area contributed by atoms with Gasteiger partial charge in [-0.3, -0.25) is 0 Å². The highest BCUT2D eigenvalue weighted by Crippen LogP contribution is 2.33. The van der Waals surface area contributed by atoms with Crippen molar-refractivity contribution in [1.82, 2.24) is 0 Å². The summed E-state index contributed by atoms with van der Waals surface area (Å²) in [5.41, 5.74) is 3.95. The van der Waals surface area contributed by atoms with Crippen LogP contribution in [0.15, 0.2) is 18.2 Å². The standard InChI is InChI=1S/C13H14F4N2O2/c14-11-6-8(3-4-10(11)13(15,16)17)19-5-1-2-9(7-19)21-12(18)20/h3-4,6,9H,1-2,5,7H2,(H2,18,20). The quantitative estimate of drug-likeness (QED) is 0.855. The van der Waals surface area contributed by atoms with Crippen molar-refractivity contribution in [2.24, 2.45) is 5.73 Å². The van der Waals surface area contributed by atoms with Crippen LogP contribution in [0.3, 0.4) is 0 Å². The molecular weight excluding hydrogens is 292 g/mol. The number of nitrogens with zero attached hydrogens (tertiary/aromatic N) is 1. The first-order valence-electron chi connectivity index (χ1n) is 6.35. The molecule has 0 spiro atoms. The highest BCUT2D eigenvalue weighted by Gasteiger charge is 2.34. The predicted molar refractivity (Wildman–Crippen MR) is 67.3 cm³/mol. The Bertz CT molecular complexity index is 533. The number of hydrogen-bond acceptors (Lipinski definition) is 3. The van der Waals surface area contributed by atoms with Gasteiger partial charge in [-0.25, -0.2) is 9.18 Å². The minimum absolute atomic E-state index is 0.272. The predicted octanol–water partition coefficient (Wildman–Crippen LogP) is 2.91. The summed E-state index contributed by atoms with van der Waals surface area (Å²) in [6.45, 7) is 0.817. The van der Waals surface area contributed by atoms with Crippen LogP contribution < -0.4 is 10.6 Å². The van der Waals surface area contributed by atoms with Crippen molar-refractivity contribution < 1.29 is 27.1 Å². The second-order valence-electron chi connectivity index (χ2n) is 4.81. The van der Waals surface area contributed by atoms with Crippen LogP contribution in [0.4, 0.5) is 28.0 Å². The molecule has 0 bridgehead atoms. The average molecular weight is 306 g/mol. The Hall–Kier alpha value is -1.99. The molecule has 116 valence electrons. The molecule has 0 aromatic heterocycles. The number of alkyl halides is 3. The Morgan fingerprint density at radius 3 is 2.67 bits per heavy atom. The maximum absolute atomic E-state index is 13.6. The lowest BCUT2D eigenvalue weighted by Crippen LogP contribution is -2.41. The van der Waals surface area contributed by atoms with E-state index in [1.807, 2.05) is 0 Å². The third-order valence-electron chi connectivity index (χ3n) is 3.28. The summed E-state index contributed by atoms with van der Waals surface area (Å²) < 4.78 is 55.9. The van der Waals surface area contributed by atoms with Crippen LogP contribution in [0.1, 0.15) is 18.4 Å². The summed E-state index contributed by atoms with van der Waals surface area (Å²) in [4.78, 5) is 12.4. The molecule has 8 heteroatoms. The van der Waals surface area contributed by atoms with Gasteiger partial charge in [0.2, 0.25) is 0 Å². The van der Waals surface area contributed by atoms with E-state index >= 15 is 0 Å². The minimum Gasteiger partial charge on any atom is -0.445 e. The third kappa shape index (κ3) is 3.77. The Morgan fingerprint density at radius 1 is 1.38 bits per heavy atom. The Kier molecular flexibility index (Phi) is 4.24. The van der Waals surface area contributed by atoms with Crippen molar-refractivity contribution in [2.45, 2.75) is 25.1 Å². The van der Waals surface area contributed by atoms with E-state index in [-0.39, 0.29) is 6.54 Å². The van der Waals surface area contributed by atoms with Gasteiger partial charge in [-0.2, -0.15) is 13.2 Å². The van der Waals surface area contributed by atoms with Crippen LogP contribution >= 0.6 is 0 Å². The molecule has 2 rings (SSSR count). The molecule has 1 heterocycles. The number of carbonyl (C=O) groups excluding carboxylic acids is 1. The van der Waals surface area contributed by atoms with Gasteiger partial charge in [-0.05, 0) is 31.0 Å². The molecule has 1 fully saturated rings. The molecule has 1 aliphatic rings. The minimum atomic E-state index is -4.72. The van der Waals surface area contributed by atoms with Crippen molar-refractivity contribution in [3.8, 4) is 0 Å². The topological polar surface area (TPSA) is 55.6 Å². The van der Waals surface area contributed by atoms with E-state index in [4.69, 9.17) is 10.5 Å². The number of rotatable bonds is 2. The van der Waals surface area contributed by atoms with E-state index in [1.165, 1.54) is 6.07 Å². The number of primary amides is 1. The van der Waals surface area contributed by atoms with E-state index in [0.29, 0.717) is 31.1 Å². The fourth-order valence-corrected chi connectivity index (χ4v) is 2.36. The van der Waals surface area contributed by atoms with Crippen molar-refractivity contribution >= 4 is 11.8 Å². The average Bonchev–Trinajstić information content (AvgIpc) is 2.36. The van der Waals surface area contributed by atoms with Crippen molar-refractivity contribution in [2.75, 3.05) is 18.0 Å². The van der Waals surface area contributed by atoms with Crippen molar-refractivity contribution in [3.05, 3.63) is 29.6 Å². The fourth-order valence-electron chi connectivity index (χ4n) is 2.36. The first-order chi connectivity index (χ1) is 9.77. The molecule has 4 nitrogen and oxygen atoms in total. The number of anilines is 1. The zero-order chi connectivity index (χ0) is 15.6. The van der Waals surface area contributed by atoms with E-state index in [0.717, 1.165) is 6.07 Å². The molecule has 1 amide bonds. The second-order valence-corrected chi connectivity index (χ2v) is 4.81. The zero-order valence-corrected chi connectivity index (χ0v) is 11.0. The maximum Gasteiger partial charge on any atom is 0.419 e. The van der Waals surface area contributed by atoms with Gasteiger partial charge < -0.3 is 15.4 Å². The molecule has 1 aliphatic heterocycles. The fraction of sp³-hybridized carbons (Fsp3) is 0.462. The summed E-state index contributed by atoms with van der Waals surface area (Å²) in [5.74, 6) is -1.32. The van der Waals surface area contributed by atoms with Crippen LogP contribution in [-0.4, -0.2) is 25.3 Å². The molecule has 0 aliphatic carbocycles. The molecule has 0 saturated carbocycles. The Labute approximate surface area is 118 Å². The van der Waals surface area contributed by atoms with Crippen molar-refractivity contribution in [3.63, 3.8) is 0 Å². The number of ether oxygens (including phenoxy) is 1. The maximum atomic E-state index is 13.6. The first kappa shape index (κ1) is 15.4. The van der Waals surface area contributed by atoms with Crippen LogP contribution in [0.25, 0.3) is 0 Å². The Morgan fingerprint density at radius 2 is 2.10 bits per heavy atom. The van der Waals surface area contributed by atoms with Crippen LogP contribution in [0.5, 0.6) is 0 Å². The Balaban J connectivity index is 2.15. The summed E-state index contributed by atoms with van der Waals surface area (Å²) in [5, 5.41) is 0. The van der Waals surface area contributed by atoms with Crippen LogP contribution in [-0.2, 0) is 10.9 Å². The molecule has 1 saturated heterocycles. The van der Waals surface area contributed by atoms with Gasteiger partial charge in [-0.15, -0.1) is 0 Å². The lowest BCUT2D eigenvalue weighted by atomic mass is 10.1. The smallest absolute Gasteiger partial charge is 0.419 e. The molecule has 0 radical (unpaired) electrons. The highest BCUT2D eigenvalue weighted by molar-refractivity contribution is 5.65. The third-order valence-corrected chi connectivity index (χ3v) is 3.28. The van der Waals surface area contributed by atoms with Gasteiger partial charge in [-0.1, -0.05) is 0 Å². The van der Waals surface area contributed by atoms with Gasteiger partial charge in [0.25, 0.3) is 0 Å². The highest BCUT2D eigenvalue weighted by atomic mass is 19.4. The van der Waals surface area contributed by atoms with E-state index in [2.05, 4.69) is 0 Å². The van der Waals surface area contributed by atoms with E-state index in [9.17, 15) is 22.4 Å². The zero-order valence-electron chi connectivity index (χ0n) is 11.0. The largest absolute Gasteiger partial charge is 0.445 e. The van der Waals surface area contributed by atoms with Gasteiger partial charge in [0, 0.05) is 12.2 Å². The molecule has 1 aromatic carbocycles. The monoisotopic (exact) mass is 306 g/mol. The second kappa shape index (κ2) is 5.79. The van der Waals surface area contributed by atoms with E-state index in [1.54, 1.807) is 4.90 Å². The molecule has 2 N–H and O–H groups in total. The number of nitrogens with two attached hydrogens (primary N) is 1. The SMILES string of the molecule is NC(=O)OC1CCCN(c2ccc(C(F)(F)F)c(F)c2)C1. The number of amides is 1. The normalized spacial score (nSPS) is 19.4. The molecule has 21 heavy (non-hydrogen) atoms. The summed E-state index contributed by atoms with van der Waals surface area (Å²) >= 11 is 0.